The Morgan fingerprint density at radius 3 is 2.55 bits per heavy atom. The molecule has 2 aliphatic rings. The van der Waals surface area contributed by atoms with Gasteiger partial charge in [0.2, 0.25) is 10.0 Å². The van der Waals surface area contributed by atoms with Crippen molar-refractivity contribution >= 4 is 27.1 Å². The van der Waals surface area contributed by atoms with E-state index in [9.17, 15) is 18.0 Å². The third-order valence-corrected chi connectivity index (χ3v) is 7.63. The summed E-state index contributed by atoms with van der Waals surface area (Å²) >= 11 is 0. The van der Waals surface area contributed by atoms with Crippen molar-refractivity contribution in [3.05, 3.63) is 28.7 Å². The molecular weight excluding hydrogens is 396 g/mol. The fourth-order valence-corrected chi connectivity index (χ4v) is 5.66. The Morgan fingerprint density at radius 1 is 1.10 bits per heavy atom. The fourth-order valence-electron chi connectivity index (χ4n) is 4.13. The van der Waals surface area contributed by atoms with Gasteiger partial charge in [-0.15, -0.1) is 0 Å². The van der Waals surface area contributed by atoms with Crippen molar-refractivity contribution < 1.29 is 22.4 Å². The lowest BCUT2D eigenvalue weighted by molar-refractivity contribution is -0.150. The first-order valence-corrected chi connectivity index (χ1v) is 11.7. The predicted molar refractivity (Wildman–Crippen MR) is 106 cm³/mol. The second-order valence-corrected chi connectivity index (χ2v) is 9.70. The number of carbonyl (C=O) groups is 1. The first-order chi connectivity index (χ1) is 13.9. The summed E-state index contributed by atoms with van der Waals surface area (Å²) in [5.74, 6) is -0.937. The molecule has 2 fully saturated rings. The van der Waals surface area contributed by atoms with Crippen LogP contribution >= 0.6 is 0 Å². The van der Waals surface area contributed by atoms with E-state index in [1.165, 1.54) is 27.4 Å². The number of hydrogen-bond donors (Lipinski definition) is 0. The molecule has 1 saturated carbocycles. The van der Waals surface area contributed by atoms with Crippen molar-refractivity contribution in [2.45, 2.75) is 68.9 Å². The van der Waals surface area contributed by atoms with Crippen LogP contribution in [-0.2, 0) is 26.1 Å². The van der Waals surface area contributed by atoms with Gasteiger partial charge in [-0.05, 0) is 50.7 Å². The zero-order valence-corrected chi connectivity index (χ0v) is 17.2. The molecule has 0 radical (unpaired) electrons. The fraction of sp³-hybridized carbons (Fsp3) is 0.600. The normalized spacial score (nSPS) is 19.0. The van der Waals surface area contributed by atoms with Crippen LogP contribution in [0.1, 0.15) is 51.4 Å². The number of nitrogens with zero attached hydrogens (tertiary/aromatic N) is 2. The third kappa shape index (κ3) is 4.25. The van der Waals surface area contributed by atoms with Crippen molar-refractivity contribution in [2.24, 2.45) is 0 Å². The van der Waals surface area contributed by atoms with E-state index >= 15 is 0 Å². The minimum Gasteiger partial charge on any atom is -0.462 e. The van der Waals surface area contributed by atoms with E-state index in [1.54, 1.807) is 6.07 Å². The molecule has 4 rings (SSSR count). The van der Waals surface area contributed by atoms with Crippen molar-refractivity contribution in [3.8, 4) is 0 Å². The molecule has 0 N–H and O–H groups in total. The van der Waals surface area contributed by atoms with Gasteiger partial charge in [0.1, 0.15) is 6.10 Å². The van der Waals surface area contributed by atoms with Gasteiger partial charge in [0.05, 0.1) is 16.8 Å². The number of esters is 1. The summed E-state index contributed by atoms with van der Waals surface area (Å²) in [5, 5.41) is 0. The van der Waals surface area contributed by atoms with Crippen molar-refractivity contribution in [1.82, 2.24) is 8.87 Å². The van der Waals surface area contributed by atoms with E-state index in [0.29, 0.717) is 18.6 Å². The van der Waals surface area contributed by atoms with Crippen LogP contribution in [0.15, 0.2) is 32.3 Å². The van der Waals surface area contributed by atoms with Gasteiger partial charge in [-0.1, -0.05) is 6.42 Å². The number of hydrogen-bond acceptors (Lipinski definition) is 6. The largest absolute Gasteiger partial charge is 0.462 e. The number of aryl methyl sites for hydroxylation is 1. The Morgan fingerprint density at radius 2 is 1.83 bits per heavy atom. The summed E-state index contributed by atoms with van der Waals surface area (Å²) in [6.07, 6.45) is 6.88. The summed E-state index contributed by atoms with van der Waals surface area (Å²) in [4.78, 5) is 24.5. The van der Waals surface area contributed by atoms with Crippen LogP contribution in [0.2, 0.25) is 0 Å². The van der Waals surface area contributed by atoms with Crippen LogP contribution in [0.4, 0.5) is 0 Å². The lowest BCUT2D eigenvalue weighted by atomic mass is 9.98. The van der Waals surface area contributed by atoms with Gasteiger partial charge in [-0.25, -0.2) is 13.2 Å². The van der Waals surface area contributed by atoms with Crippen LogP contribution in [0.3, 0.4) is 0 Å². The van der Waals surface area contributed by atoms with E-state index in [4.69, 9.17) is 9.15 Å². The number of aromatic nitrogens is 1. The number of rotatable bonds is 6. The molecule has 29 heavy (non-hydrogen) atoms. The maximum absolute atomic E-state index is 12.7. The minimum atomic E-state index is -3.59. The molecular formula is C20H26N2O6S. The van der Waals surface area contributed by atoms with Gasteiger partial charge < -0.3 is 9.15 Å². The molecule has 1 aromatic carbocycles. The zero-order chi connectivity index (χ0) is 20.4. The minimum absolute atomic E-state index is 0.0209. The van der Waals surface area contributed by atoms with Crippen LogP contribution in [0.5, 0.6) is 0 Å². The Kier molecular flexibility index (Phi) is 5.78. The van der Waals surface area contributed by atoms with E-state index in [2.05, 4.69) is 0 Å². The lowest BCUT2D eigenvalue weighted by Crippen LogP contribution is -2.27. The molecule has 2 heterocycles. The van der Waals surface area contributed by atoms with Crippen molar-refractivity contribution in [3.63, 3.8) is 0 Å². The molecule has 1 aromatic heterocycles. The van der Waals surface area contributed by atoms with Crippen LogP contribution in [0.25, 0.3) is 11.1 Å². The quantitative estimate of drug-likeness (QED) is 0.664. The molecule has 8 nitrogen and oxygen atoms in total. The zero-order valence-electron chi connectivity index (χ0n) is 16.3. The second kappa shape index (κ2) is 8.31. The summed E-state index contributed by atoms with van der Waals surface area (Å²) < 4.78 is 39.0. The second-order valence-electron chi connectivity index (χ2n) is 7.76. The molecule has 0 unspecified atom stereocenters. The molecule has 158 valence electrons. The summed E-state index contributed by atoms with van der Waals surface area (Å²) in [6, 6.07) is 4.44. The first-order valence-electron chi connectivity index (χ1n) is 10.3. The summed E-state index contributed by atoms with van der Waals surface area (Å²) in [6.45, 7) is 1.15. The average molecular weight is 423 g/mol. The summed E-state index contributed by atoms with van der Waals surface area (Å²) in [7, 11) is -3.59. The highest BCUT2D eigenvalue weighted by Crippen LogP contribution is 2.25. The monoisotopic (exact) mass is 422 g/mol. The first kappa shape index (κ1) is 20.2. The molecule has 1 aliphatic carbocycles. The molecule has 0 bridgehead atoms. The molecule has 0 spiro atoms. The highest BCUT2D eigenvalue weighted by molar-refractivity contribution is 7.89. The van der Waals surface area contributed by atoms with Gasteiger partial charge in [0.15, 0.2) is 5.58 Å². The van der Waals surface area contributed by atoms with Gasteiger partial charge in [-0.3, -0.25) is 9.36 Å². The smallest absolute Gasteiger partial charge is 0.419 e. The maximum atomic E-state index is 12.7. The number of oxazole rings is 1. The highest BCUT2D eigenvalue weighted by Gasteiger charge is 2.28. The number of benzene rings is 1. The van der Waals surface area contributed by atoms with E-state index in [1.807, 2.05) is 0 Å². The molecule has 1 aliphatic heterocycles. The molecule has 0 amide bonds. The number of ether oxygens (including phenoxy) is 1. The average Bonchev–Trinajstić information content (AvgIpc) is 3.35. The van der Waals surface area contributed by atoms with Crippen molar-refractivity contribution in [2.75, 3.05) is 13.1 Å². The topological polar surface area (TPSA) is 98.8 Å². The van der Waals surface area contributed by atoms with Crippen LogP contribution in [0, 0.1) is 0 Å². The van der Waals surface area contributed by atoms with Gasteiger partial charge in [0, 0.05) is 25.7 Å². The SMILES string of the molecule is O=C(CCn1c(=O)oc2cc(S(=O)(=O)N3CCCC3)ccc21)OC1CCCCC1. The van der Waals surface area contributed by atoms with Gasteiger partial charge >= 0.3 is 11.7 Å². The van der Waals surface area contributed by atoms with E-state index in [0.717, 1.165) is 38.5 Å². The van der Waals surface area contributed by atoms with Crippen LogP contribution in [-0.4, -0.2) is 42.5 Å². The third-order valence-electron chi connectivity index (χ3n) is 5.73. The highest BCUT2D eigenvalue weighted by atomic mass is 32.2. The molecule has 9 heteroatoms. The lowest BCUT2D eigenvalue weighted by Gasteiger charge is -2.21. The Labute approximate surface area is 169 Å². The van der Waals surface area contributed by atoms with Crippen molar-refractivity contribution in [1.29, 1.82) is 0 Å². The van der Waals surface area contributed by atoms with E-state index < -0.39 is 15.8 Å². The molecule has 0 atom stereocenters. The van der Waals surface area contributed by atoms with Crippen LogP contribution < -0.4 is 5.76 Å². The Hall–Kier alpha value is -2.13. The Balaban J connectivity index is 1.48. The predicted octanol–water partition coefficient (Wildman–Crippen LogP) is 2.65. The summed E-state index contributed by atoms with van der Waals surface area (Å²) in [5.41, 5.74) is 0.678. The number of fused-ring (bicyclic) bond motifs is 1. The standard InChI is InChI=1S/C20H26N2O6S/c23-19(27-15-6-2-1-3-7-15)10-13-22-17-9-8-16(14-18(17)28-20(22)24)29(25,26)21-11-4-5-12-21/h8-9,14-15H,1-7,10-13H2. The Bertz CT molecular complexity index is 1040. The number of sulfonamides is 1. The molecule has 1 saturated heterocycles. The molecule has 2 aromatic rings. The van der Waals surface area contributed by atoms with Gasteiger partial charge in [-0.2, -0.15) is 4.31 Å². The number of carbonyl (C=O) groups excluding carboxylic acids is 1. The van der Waals surface area contributed by atoms with E-state index in [-0.39, 0.29) is 35.5 Å². The van der Waals surface area contributed by atoms with Gasteiger partial charge in [0.25, 0.3) is 0 Å². The maximum Gasteiger partial charge on any atom is 0.419 e.